The second-order valence-corrected chi connectivity index (χ2v) is 6.89. The summed E-state index contributed by atoms with van der Waals surface area (Å²) in [5.41, 5.74) is 1.06. The summed E-state index contributed by atoms with van der Waals surface area (Å²) in [5.74, 6) is -1.29. The van der Waals surface area contributed by atoms with Crippen molar-refractivity contribution in [3.8, 4) is 10.4 Å². The lowest BCUT2D eigenvalue weighted by Gasteiger charge is -2.11. The molecule has 3 rings (SSSR count). The standard InChI is InChI=1S/C16H15NO5S2/c1-2-21-16(20)13-9(11-4-3-7-23-11)8-24-15(13)17-14(19)10-5-6-12(18)22-10/h3-4,7-8,10H,2,5-6H2,1H3,(H,17,19)/t10-/m1/s1. The van der Waals surface area contributed by atoms with Crippen molar-refractivity contribution in [3.05, 3.63) is 28.5 Å². The number of hydrogen-bond donors (Lipinski definition) is 1. The molecule has 8 heteroatoms. The van der Waals surface area contributed by atoms with Gasteiger partial charge in [0.15, 0.2) is 6.10 Å². The summed E-state index contributed by atoms with van der Waals surface area (Å²) in [7, 11) is 0. The SMILES string of the molecule is CCOC(=O)c1c(-c2cccs2)csc1NC(=O)[C@H]1CCC(=O)O1. The predicted molar refractivity (Wildman–Crippen MR) is 91.3 cm³/mol. The van der Waals surface area contributed by atoms with E-state index in [-0.39, 0.29) is 19.0 Å². The van der Waals surface area contributed by atoms with Crippen LogP contribution in [0.5, 0.6) is 0 Å². The van der Waals surface area contributed by atoms with Gasteiger partial charge in [-0.1, -0.05) is 6.07 Å². The van der Waals surface area contributed by atoms with E-state index in [1.807, 2.05) is 22.9 Å². The molecule has 1 aliphatic rings. The topological polar surface area (TPSA) is 81.7 Å². The smallest absolute Gasteiger partial charge is 0.341 e. The molecule has 2 aromatic heterocycles. The molecule has 0 spiro atoms. The van der Waals surface area contributed by atoms with Gasteiger partial charge in [0.25, 0.3) is 5.91 Å². The van der Waals surface area contributed by atoms with Crippen LogP contribution in [0.1, 0.15) is 30.1 Å². The van der Waals surface area contributed by atoms with E-state index in [1.165, 1.54) is 22.7 Å². The molecule has 1 amide bonds. The van der Waals surface area contributed by atoms with Crippen molar-refractivity contribution in [2.24, 2.45) is 0 Å². The van der Waals surface area contributed by atoms with Crippen LogP contribution < -0.4 is 5.32 Å². The average molecular weight is 365 g/mol. The van der Waals surface area contributed by atoms with Crippen molar-refractivity contribution < 1.29 is 23.9 Å². The van der Waals surface area contributed by atoms with Gasteiger partial charge in [-0.25, -0.2) is 4.79 Å². The van der Waals surface area contributed by atoms with Gasteiger partial charge >= 0.3 is 11.9 Å². The van der Waals surface area contributed by atoms with Crippen molar-refractivity contribution in [1.29, 1.82) is 0 Å². The number of ether oxygens (including phenoxy) is 2. The van der Waals surface area contributed by atoms with Gasteiger partial charge in [0.1, 0.15) is 10.6 Å². The van der Waals surface area contributed by atoms with E-state index in [1.54, 1.807) is 6.92 Å². The van der Waals surface area contributed by atoms with Gasteiger partial charge in [-0.3, -0.25) is 9.59 Å². The lowest BCUT2D eigenvalue weighted by atomic mass is 10.1. The first-order valence-corrected chi connectivity index (χ1v) is 9.19. The third-order valence-corrected chi connectivity index (χ3v) is 5.27. The fraction of sp³-hybridized carbons (Fsp3) is 0.312. The Balaban J connectivity index is 1.88. The first-order valence-electron chi connectivity index (χ1n) is 7.43. The maximum Gasteiger partial charge on any atom is 0.341 e. The molecule has 2 aromatic rings. The van der Waals surface area contributed by atoms with E-state index in [0.29, 0.717) is 17.0 Å². The number of amides is 1. The van der Waals surface area contributed by atoms with Crippen LogP contribution in [0.2, 0.25) is 0 Å². The first kappa shape index (κ1) is 16.7. The van der Waals surface area contributed by atoms with Crippen LogP contribution in [0.4, 0.5) is 5.00 Å². The molecule has 0 saturated carbocycles. The van der Waals surface area contributed by atoms with Gasteiger partial charge in [-0.2, -0.15) is 0 Å². The van der Waals surface area contributed by atoms with E-state index < -0.39 is 18.0 Å². The van der Waals surface area contributed by atoms with Gasteiger partial charge in [-0.15, -0.1) is 22.7 Å². The van der Waals surface area contributed by atoms with Crippen LogP contribution in [0, 0.1) is 0 Å². The normalized spacial score (nSPS) is 16.7. The fourth-order valence-corrected chi connectivity index (χ4v) is 4.15. The Morgan fingerprint density at radius 2 is 2.25 bits per heavy atom. The van der Waals surface area contributed by atoms with Crippen LogP contribution in [0.15, 0.2) is 22.9 Å². The number of esters is 2. The second-order valence-electron chi connectivity index (χ2n) is 5.06. The van der Waals surface area contributed by atoms with E-state index in [4.69, 9.17) is 9.47 Å². The maximum atomic E-state index is 12.3. The van der Waals surface area contributed by atoms with Crippen molar-refractivity contribution in [1.82, 2.24) is 0 Å². The van der Waals surface area contributed by atoms with Gasteiger partial charge in [0.2, 0.25) is 0 Å². The van der Waals surface area contributed by atoms with Crippen molar-refractivity contribution >= 4 is 45.5 Å². The highest BCUT2D eigenvalue weighted by molar-refractivity contribution is 7.17. The highest BCUT2D eigenvalue weighted by Crippen LogP contribution is 2.38. The lowest BCUT2D eigenvalue weighted by Crippen LogP contribution is -2.27. The summed E-state index contributed by atoms with van der Waals surface area (Å²) in [6, 6.07) is 3.79. The Labute approximate surface area is 146 Å². The summed E-state index contributed by atoms with van der Waals surface area (Å²) in [4.78, 5) is 36.7. The molecule has 126 valence electrons. The molecule has 3 heterocycles. The lowest BCUT2D eigenvalue weighted by molar-refractivity contribution is -0.146. The number of thiophene rings is 2. The third kappa shape index (κ3) is 3.34. The van der Waals surface area contributed by atoms with Crippen LogP contribution >= 0.6 is 22.7 Å². The Morgan fingerprint density at radius 1 is 1.42 bits per heavy atom. The summed E-state index contributed by atoms with van der Waals surface area (Å²) < 4.78 is 10.1. The molecular formula is C16H15NO5S2. The van der Waals surface area contributed by atoms with Crippen molar-refractivity contribution in [2.45, 2.75) is 25.9 Å². The highest BCUT2D eigenvalue weighted by Gasteiger charge is 2.31. The van der Waals surface area contributed by atoms with Crippen LogP contribution in [-0.2, 0) is 19.1 Å². The maximum absolute atomic E-state index is 12.3. The van der Waals surface area contributed by atoms with Gasteiger partial charge in [0.05, 0.1) is 6.61 Å². The van der Waals surface area contributed by atoms with Gasteiger partial charge < -0.3 is 14.8 Å². The van der Waals surface area contributed by atoms with Crippen LogP contribution in [0.3, 0.4) is 0 Å². The largest absolute Gasteiger partial charge is 0.462 e. The predicted octanol–water partition coefficient (Wildman–Crippen LogP) is 3.30. The molecule has 1 atom stereocenters. The molecule has 0 unspecified atom stereocenters. The van der Waals surface area contributed by atoms with Crippen LogP contribution in [-0.4, -0.2) is 30.6 Å². The van der Waals surface area contributed by atoms with E-state index >= 15 is 0 Å². The Kier molecular flexibility index (Phi) is 4.96. The minimum atomic E-state index is -0.806. The summed E-state index contributed by atoms with van der Waals surface area (Å²) in [6.45, 7) is 1.97. The molecule has 0 radical (unpaired) electrons. The number of anilines is 1. The van der Waals surface area contributed by atoms with Crippen molar-refractivity contribution in [3.63, 3.8) is 0 Å². The second kappa shape index (κ2) is 7.14. The molecule has 1 aliphatic heterocycles. The van der Waals surface area contributed by atoms with E-state index in [0.717, 1.165) is 10.4 Å². The number of cyclic esters (lactones) is 1. The molecule has 1 fully saturated rings. The first-order chi connectivity index (χ1) is 11.6. The minimum absolute atomic E-state index is 0.230. The zero-order chi connectivity index (χ0) is 17.1. The number of rotatable bonds is 5. The summed E-state index contributed by atoms with van der Waals surface area (Å²) in [5, 5.41) is 6.84. The van der Waals surface area contributed by atoms with E-state index in [2.05, 4.69) is 5.32 Å². The monoisotopic (exact) mass is 365 g/mol. The molecular weight excluding hydrogens is 350 g/mol. The molecule has 1 N–H and O–H groups in total. The Morgan fingerprint density at radius 3 is 2.88 bits per heavy atom. The minimum Gasteiger partial charge on any atom is -0.462 e. The number of carbonyl (C=O) groups is 3. The third-order valence-electron chi connectivity index (χ3n) is 3.47. The summed E-state index contributed by atoms with van der Waals surface area (Å²) >= 11 is 2.75. The average Bonchev–Trinajstić information content (AvgIpc) is 3.26. The molecule has 0 aromatic carbocycles. The molecule has 0 aliphatic carbocycles. The van der Waals surface area contributed by atoms with Crippen LogP contribution in [0.25, 0.3) is 10.4 Å². The zero-order valence-electron chi connectivity index (χ0n) is 12.9. The Bertz CT molecular complexity index is 766. The number of hydrogen-bond acceptors (Lipinski definition) is 7. The molecule has 6 nitrogen and oxygen atoms in total. The van der Waals surface area contributed by atoms with E-state index in [9.17, 15) is 14.4 Å². The van der Waals surface area contributed by atoms with Gasteiger partial charge in [0, 0.05) is 28.7 Å². The quantitative estimate of drug-likeness (QED) is 0.822. The summed E-state index contributed by atoms with van der Waals surface area (Å²) in [6.07, 6.45) is -0.226. The zero-order valence-corrected chi connectivity index (χ0v) is 14.5. The fourth-order valence-electron chi connectivity index (χ4n) is 2.37. The highest BCUT2D eigenvalue weighted by atomic mass is 32.1. The molecule has 0 bridgehead atoms. The Hall–Kier alpha value is -2.19. The number of carbonyl (C=O) groups excluding carboxylic acids is 3. The molecule has 24 heavy (non-hydrogen) atoms. The van der Waals surface area contributed by atoms with Gasteiger partial charge in [-0.05, 0) is 18.4 Å². The molecule has 1 saturated heterocycles. The number of nitrogens with one attached hydrogen (secondary N) is 1. The van der Waals surface area contributed by atoms with Crippen molar-refractivity contribution in [2.75, 3.05) is 11.9 Å².